The number of amides is 1. The summed E-state index contributed by atoms with van der Waals surface area (Å²) in [6.45, 7) is 1.84. The maximum absolute atomic E-state index is 11.3. The molecule has 0 unspecified atom stereocenters. The molecule has 0 radical (unpaired) electrons. The summed E-state index contributed by atoms with van der Waals surface area (Å²) in [6.07, 6.45) is 0. The third-order valence-electron chi connectivity index (χ3n) is 2.24. The molecule has 88 valence electrons. The molecule has 4 nitrogen and oxygen atoms in total. The lowest BCUT2D eigenvalue weighted by Gasteiger charge is -2.13. The Balaban J connectivity index is 2.70. The van der Waals surface area contributed by atoms with Crippen molar-refractivity contribution in [3.8, 4) is 5.75 Å². The summed E-state index contributed by atoms with van der Waals surface area (Å²) in [5, 5.41) is 9.14. The molecule has 16 heavy (non-hydrogen) atoms. The quantitative estimate of drug-likeness (QED) is 0.827. The predicted molar refractivity (Wildman–Crippen MR) is 61.3 cm³/mol. The number of carbonyl (C=O) groups excluding carboxylic acids is 1. The van der Waals surface area contributed by atoms with E-state index in [0.717, 1.165) is 5.56 Å². The van der Waals surface area contributed by atoms with Crippen molar-refractivity contribution in [2.75, 3.05) is 20.7 Å². The highest BCUT2D eigenvalue weighted by Gasteiger charge is 2.07. The van der Waals surface area contributed by atoms with Crippen LogP contribution < -0.4 is 4.74 Å². The molecule has 4 heteroatoms. The SMILES string of the molecule is Cc1ccc(OCC(=O)N(C)C)c(CO)c1. The summed E-state index contributed by atoms with van der Waals surface area (Å²) in [5.41, 5.74) is 1.75. The van der Waals surface area contributed by atoms with Crippen molar-refractivity contribution in [3.63, 3.8) is 0 Å². The average Bonchev–Trinajstić information content (AvgIpc) is 2.26. The molecule has 0 atom stereocenters. The Hall–Kier alpha value is -1.55. The monoisotopic (exact) mass is 223 g/mol. The average molecular weight is 223 g/mol. The lowest BCUT2D eigenvalue weighted by atomic mass is 10.1. The molecule has 1 N–H and O–H groups in total. The van der Waals surface area contributed by atoms with Crippen molar-refractivity contribution in [3.05, 3.63) is 29.3 Å². The van der Waals surface area contributed by atoms with Gasteiger partial charge in [0.2, 0.25) is 0 Å². The van der Waals surface area contributed by atoms with Crippen LogP contribution in [0.2, 0.25) is 0 Å². The summed E-state index contributed by atoms with van der Waals surface area (Å²) in [6, 6.07) is 5.49. The van der Waals surface area contributed by atoms with Gasteiger partial charge >= 0.3 is 0 Å². The largest absolute Gasteiger partial charge is 0.483 e. The van der Waals surface area contributed by atoms with Gasteiger partial charge in [0.05, 0.1) is 6.61 Å². The highest BCUT2D eigenvalue weighted by atomic mass is 16.5. The smallest absolute Gasteiger partial charge is 0.259 e. The van der Waals surface area contributed by atoms with E-state index in [9.17, 15) is 4.79 Å². The molecule has 0 spiro atoms. The fraction of sp³-hybridized carbons (Fsp3) is 0.417. The van der Waals surface area contributed by atoms with Crippen molar-refractivity contribution >= 4 is 5.91 Å². The van der Waals surface area contributed by atoms with Gasteiger partial charge in [-0.05, 0) is 13.0 Å². The first-order chi connectivity index (χ1) is 7.54. The molecule has 0 aliphatic carbocycles. The van der Waals surface area contributed by atoms with E-state index in [1.54, 1.807) is 20.2 Å². The van der Waals surface area contributed by atoms with Crippen LogP contribution in [0.25, 0.3) is 0 Å². The molecule has 0 saturated carbocycles. The third-order valence-corrected chi connectivity index (χ3v) is 2.24. The number of aryl methyl sites for hydroxylation is 1. The van der Waals surface area contributed by atoms with Crippen molar-refractivity contribution in [2.45, 2.75) is 13.5 Å². The molecule has 0 saturated heterocycles. The molecule has 0 aromatic heterocycles. The van der Waals surface area contributed by atoms with Crippen LogP contribution in [-0.2, 0) is 11.4 Å². The van der Waals surface area contributed by atoms with Crippen LogP contribution >= 0.6 is 0 Å². The maximum atomic E-state index is 11.3. The highest BCUT2D eigenvalue weighted by molar-refractivity contribution is 5.77. The minimum atomic E-state index is -0.107. The molecule has 0 aliphatic heterocycles. The predicted octanol–water partition coefficient (Wildman–Crippen LogP) is 0.954. The summed E-state index contributed by atoms with van der Waals surface area (Å²) in [5.74, 6) is 0.452. The second-order valence-corrected chi connectivity index (χ2v) is 3.85. The minimum Gasteiger partial charge on any atom is -0.483 e. The Morgan fingerprint density at radius 1 is 1.44 bits per heavy atom. The number of nitrogens with zero attached hydrogens (tertiary/aromatic N) is 1. The molecular formula is C12H17NO3. The standard InChI is InChI=1S/C12H17NO3/c1-9-4-5-11(10(6-9)7-14)16-8-12(15)13(2)3/h4-6,14H,7-8H2,1-3H3. The Labute approximate surface area is 95.5 Å². The van der Waals surface area contributed by atoms with E-state index < -0.39 is 0 Å². The first-order valence-electron chi connectivity index (χ1n) is 5.08. The molecule has 0 bridgehead atoms. The summed E-state index contributed by atoms with van der Waals surface area (Å²) in [4.78, 5) is 12.8. The number of aliphatic hydroxyl groups excluding tert-OH is 1. The van der Waals surface area contributed by atoms with Crippen molar-refractivity contribution < 1.29 is 14.6 Å². The van der Waals surface area contributed by atoms with E-state index in [1.807, 2.05) is 19.1 Å². The van der Waals surface area contributed by atoms with Gasteiger partial charge in [0.25, 0.3) is 5.91 Å². The molecule has 0 heterocycles. The Morgan fingerprint density at radius 3 is 2.69 bits per heavy atom. The van der Waals surface area contributed by atoms with E-state index >= 15 is 0 Å². The van der Waals surface area contributed by atoms with Crippen LogP contribution in [-0.4, -0.2) is 36.6 Å². The van der Waals surface area contributed by atoms with Crippen LogP contribution in [0.15, 0.2) is 18.2 Å². The zero-order valence-corrected chi connectivity index (χ0v) is 9.86. The van der Waals surface area contributed by atoms with Gasteiger partial charge in [-0.3, -0.25) is 4.79 Å². The zero-order valence-electron chi connectivity index (χ0n) is 9.86. The fourth-order valence-electron chi connectivity index (χ4n) is 1.24. The van der Waals surface area contributed by atoms with Gasteiger partial charge in [-0.15, -0.1) is 0 Å². The number of hydrogen-bond acceptors (Lipinski definition) is 3. The van der Waals surface area contributed by atoms with Gasteiger partial charge in [0.15, 0.2) is 6.61 Å². The van der Waals surface area contributed by atoms with Crippen LogP contribution in [0.3, 0.4) is 0 Å². The fourth-order valence-corrected chi connectivity index (χ4v) is 1.24. The number of benzene rings is 1. The van der Waals surface area contributed by atoms with Crippen molar-refractivity contribution in [2.24, 2.45) is 0 Å². The Morgan fingerprint density at radius 2 is 2.12 bits per heavy atom. The van der Waals surface area contributed by atoms with Crippen LogP contribution in [0, 0.1) is 6.92 Å². The number of rotatable bonds is 4. The maximum Gasteiger partial charge on any atom is 0.259 e. The normalized spacial score (nSPS) is 10.0. The highest BCUT2D eigenvalue weighted by Crippen LogP contribution is 2.19. The van der Waals surface area contributed by atoms with E-state index in [2.05, 4.69) is 0 Å². The molecule has 1 rings (SSSR count). The molecule has 1 aromatic carbocycles. The zero-order chi connectivity index (χ0) is 12.1. The summed E-state index contributed by atoms with van der Waals surface area (Å²) in [7, 11) is 3.35. The van der Waals surface area contributed by atoms with E-state index in [-0.39, 0.29) is 19.1 Å². The topological polar surface area (TPSA) is 49.8 Å². The summed E-state index contributed by atoms with van der Waals surface area (Å²) >= 11 is 0. The first-order valence-corrected chi connectivity index (χ1v) is 5.08. The second kappa shape index (κ2) is 5.51. The molecule has 0 aliphatic rings. The molecule has 1 amide bonds. The minimum absolute atomic E-state index is 0.0109. The Kier molecular flexibility index (Phi) is 4.31. The van der Waals surface area contributed by atoms with Crippen LogP contribution in [0.1, 0.15) is 11.1 Å². The van der Waals surface area contributed by atoms with Crippen molar-refractivity contribution in [1.29, 1.82) is 0 Å². The number of ether oxygens (including phenoxy) is 1. The second-order valence-electron chi connectivity index (χ2n) is 3.85. The number of likely N-dealkylation sites (N-methyl/N-ethyl adjacent to an activating group) is 1. The van der Waals surface area contributed by atoms with Crippen LogP contribution in [0.5, 0.6) is 5.75 Å². The Bertz CT molecular complexity index is 375. The lowest BCUT2D eigenvalue weighted by molar-refractivity contribution is -0.130. The van der Waals surface area contributed by atoms with Gasteiger partial charge in [0.1, 0.15) is 5.75 Å². The third kappa shape index (κ3) is 3.24. The van der Waals surface area contributed by atoms with Gasteiger partial charge in [-0.2, -0.15) is 0 Å². The summed E-state index contributed by atoms with van der Waals surface area (Å²) < 4.78 is 5.35. The number of carbonyl (C=O) groups is 1. The molecule has 0 fully saturated rings. The first kappa shape index (κ1) is 12.5. The van der Waals surface area contributed by atoms with Crippen LogP contribution in [0.4, 0.5) is 0 Å². The molecule has 1 aromatic rings. The van der Waals surface area contributed by atoms with E-state index in [4.69, 9.17) is 9.84 Å². The number of aliphatic hydroxyl groups is 1. The van der Waals surface area contributed by atoms with Gasteiger partial charge in [-0.1, -0.05) is 17.7 Å². The van der Waals surface area contributed by atoms with Gasteiger partial charge in [-0.25, -0.2) is 0 Å². The van der Waals surface area contributed by atoms with E-state index in [0.29, 0.717) is 11.3 Å². The lowest BCUT2D eigenvalue weighted by Crippen LogP contribution is -2.27. The number of hydrogen-bond donors (Lipinski definition) is 1. The van der Waals surface area contributed by atoms with Gasteiger partial charge < -0.3 is 14.7 Å². The molecular weight excluding hydrogens is 206 g/mol. The van der Waals surface area contributed by atoms with Gasteiger partial charge in [0, 0.05) is 19.7 Å². The van der Waals surface area contributed by atoms with E-state index in [1.165, 1.54) is 4.90 Å². The van der Waals surface area contributed by atoms with Crippen molar-refractivity contribution in [1.82, 2.24) is 4.90 Å².